The van der Waals surface area contributed by atoms with E-state index in [0.29, 0.717) is 5.92 Å². The molecule has 0 aliphatic rings. The molecule has 0 aromatic carbocycles. The average molecular weight is 185 g/mol. The van der Waals surface area contributed by atoms with E-state index in [4.69, 9.17) is 5.73 Å². The average Bonchev–Trinajstić information content (AvgIpc) is 2.12. The summed E-state index contributed by atoms with van der Waals surface area (Å²) in [7, 11) is 0. The maximum atomic E-state index is 5.72. The first-order valence-corrected chi connectivity index (χ1v) is 5.13. The first-order chi connectivity index (χ1) is 6.11. The molecule has 0 atom stereocenters. The van der Waals surface area contributed by atoms with Gasteiger partial charge in [0.1, 0.15) is 0 Å². The zero-order chi connectivity index (χ0) is 10.3. The van der Waals surface area contributed by atoms with Crippen LogP contribution in [0.4, 0.5) is 0 Å². The summed E-state index contributed by atoms with van der Waals surface area (Å²) in [6, 6.07) is 0. The summed E-state index contributed by atoms with van der Waals surface area (Å²) in [6.45, 7) is 12.5. The SMILES string of the molecule is CCN(CC)CCN=C(N)C(C)C. The van der Waals surface area contributed by atoms with Gasteiger partial charge in [0.05, 0.1) is 12.4 Å². The molecular formula is C10H23N3. The number of amidine groups is 1. The van der Waals surface area contributed by atoms with Crippen molar-refractivity contribution in [2.75, 3.05) is 26.2 Å². The Morgan fingerprint density at radius 1 is 1.31 bits per heavy atom. The summed E-state index contributed by atoms with van der Waals surface area (Å²) >= 11 is 0. The highest BCUT2D eigenvalue weighted by Gasteiger charge is 1.99. The van der Waals surface area contributed by atoms with Gasteiger partial charge >= 0.3 is 0 Å². The number of nitrogens with two attached hydrogens (primary N) is 1. The third-order valence-electron chi connectivity index (χ3n) is 2.20. The molecule has 0 aromatic rings. The van der Waals surface area contributed by atoms with Gasteiger partial charge in [-0.3, -0.25) is 4.99 Å². The second-order valence-corrected chi connectivity index (χ2v) is 3.49. The van der Waals surface area contributed by atoms with Crippen LogP contribution in [0.5, 0.6) is 0 Å². The minimum Gasteiger partial charge on any atom is -0.387 e. The maximum absolute atomic E-state index is 5.72. The predicted molar refractivity (Wildman–Crippen MR) is 59.1 cm³/mol. The van der Waals surface area contributed by atoms with Gasteiger partial charge in [0.15, 0.2) is 0 Å². The molecule has 0 amide bonds. The molecule has 2 N–H and O–H groups in total. The van der Waals surface area contributed by atoms with Crippen molar-refractivity contribution in [3.8, 4) is 0 Å². The fourth-order valence-corrected chi connectivity index (χ4v) is 1.04. The van der Waals surface area contributed by atoms with E-state index < -0.39 is 0 Å². The normalized spacial score (nSPS) is 12.9. The Hall–Kier alpha value is -0.570. The van der Waals surface area contributed by atoms with E-state index in [9.17, 15) is 0 Å². The zero-order valence-corrected chi connectivity index (χ0v) is 9.38. The van der Waals surface area contributed by atoms with Crippen molar-refractivity contribution >= 4 is 5.84 Å². The molecular weight excluding hydrogens is 162 g/mol. The van der Waals surface area contributed by atoms with Crippen LogP contribution in [0.2, 0.25) is 0 Å². The first-order valence-electron chi connectivity index (χ1n) is 5.13. The van der Waals surface area contributed by atoms with Gasteiger partial charge in [-0.1, -0.05) is 27.7 Å². The van der Waals surface area contributed by atoms with Crippen molar-refractivity contribution in [3.63, 3.8) is 0 Å². The van der Waals surface area contributed by atoms with Crippen molar-refractivity contribution in [1.29, 1.82) is 0 Å². The fourth-order valence-electron chi connectivity index (χ4n) is 1.04. The molecule has 0 spiro atoms. The summed E-state index contributed by atoms with van der Waals surface area (Å²) in [5.41, 5.74) is 5.72. The van der Waals surface area contributed by atoms with E-state index in [0.717, 1.165) is 32.0 Å². The van der Waals surface area contributed by atoms with E-state index in [1.807, 2.05) is 0 Å². The van der Waals surface area contributed by atoms with Crippen molar-refractivity contribution in [1.82, 2.24) is 4.90 Å². The van der Waals surface area contributed by atoms with Gasteiger partial charge in [-0.15, -0.1) is 0 Å². The molecule has 0 saturated carbocycles. The molecule has 0 radical (unpaired) electrons. The van der Waals surface area contributed by atoms with Crippen LogP contribution in [-0.4, -0.2) is 36.9 Å². The molecule has 78 valence electrons. The largest absolute Gasteiger partial charge is 0.387 e. The van der Waals surface area contributed by atoms with Gasteiger partial charge in [-0.2, -0.15) is 0 Å². The first kappa shape index (κ1) is 12.4. The molecule has 0 aromatic heterocycles. The Balaban J connectivity index is 3.70. The Bertz CT molecular complexity index is 148. The van der Waals surface area contributed by atoms with Crippen molar-refractivity contribution in [3.05, 3.63) is 0 Å². The van der Waals surface area contributed by atoms with E-state index in [2.05, 4.69) is 37.6 Å². The molecule has 0 saturated heterocycles. The lowest BCUT2D eigenvalue weighted by atomic mass is 10.2. The van der Waals surface area contributed by atoms with Crippen molar-refractivity contribution in [2.24, 2.45) is 16.6 Å². The van der Waals surface area contributed by atoms with Crippen LogP contribution < -0.4 is 5.73 Å². The highest BCUT2D eigenvalue weighted by molar-refractivity contribution is 5.82. The van der Waals surface area contributed by atoms with Crippen LogP contribution in [0.3, 0.4) is 0 Å². The van der Waals surface area contributed by atoms with E-state index in [-0.39, 0.29) is 0 Å². The molecule has 0 aliphatic heterocycles. The standard InChI is InChI=1S/C10H23N3/c1-5-13(6-2)8-7-12-10(11)9(3)4/h9H,5-8H2,1-4H3,(H2,11,12). The molecule has 0 rings (SSSR count). The lowest BCUT2D eigenvalue weighted by Crippen LogP contribution is -2.27. The van der Waals surface area contributed by atoms with Gasteiger partial charge in [0.2, 0.25) is 0 Å². The molecule has 3 nitrogen and oxygen atoms in total. The van der Waals surface area contributed by atoms with Crippen LogP contribution in [0.15, 0.2) is 4.99 Å². The lowest BCUT2D eigenvalue weighted by Gasteiger charge is -2.16. The fraction of sp³-hybridized carbons (Fsp3) is 0.900. The van der Waals surface area contributed by atoms with Gasteiger partial charge < -0.3 is 10.6 Å². The quantitative estimate of drug-likeness (QED) is 0.501. The van der Waals surface area contributed by atoms with Gasteiger partial charge in [0.25, 0.3) is 0 Å². The third kappa shape index (κ3) is 5.64. The van der Waals surface area contributed by atoms with E-state index in [1.54, 1.807) is 0 Å². The Kier molecular flexibility index (Phi) is 6.59. The summed E-state index contributed by atoms with van der Waals surface area (Å²) in [6.07, 6.45) is 0. The second-order valence-electron chi connectivity index (χ2n) is 3.49. The van der Waals surface area contributed by atoms with Crippen LogP contribution in [-0.2, 0) is 0 Å². The molecule has 0 aliphatic carbocycles. The summed E-state index contributed by atoms with van der Waals surface area (Å²) < 4.78 is 0. The number of rotatable bonds is 6. The Labute approximate surface area is 82.0 Å². The molecule has 0 fully saturated rings. The highest BCUT2D eigenvalue weighted by atomic mass is 15.1. The Morgan fingerprint density at radius 3 is 2.23 bits per heavy atom. The number of aliphatic imine (C=N–C) groups is 1. The molecule has 0 heterocycles. The smallest absolute Gasteiger partial charge is 0.0963 e. The summed E-state index contributed by atoms with van der Waals surface area (Å²) in [5.74, 6) is 1.14. The number of hydrogen-bond donors (Lipinski definition) is 1. The predicted octanol–water partition coefficient (Wildman–Crippen LogP) is 1.34. The number of hydrogen-bond acceptors (Lipinski definition) is 2. The second kappa shape index (κ2) is 6.89. The van der Waals surface area contributed by atoms with Crippen LogP contribution in [0, 0.1) is 5.92 Å². The van der Waals surface area contributed by atoms with Gasteiger partial charge in [-0.05, 0) is 13.1 Å². The summed E-state index contributed by atoms with van der Waals surface area (Å²) in [5, 5.41) is 0. The van der Waals surface area contributed by atoms with Gasteiger partial charge in [-0.25, -0.2) is 0 Å². The molecule has 0 bridgehead atoms. The van der Waals surface area contributed by atoms with Crippen LogP contribution in [0.1, 0.15) is 27.7 Å². The monoisotopic (exact) mass is 185 g/mol. The topological polar surface area (TPSA) is 41.6 Å². The number of likely N-dealkylation sites (N-methyl/N-ethyl adjacent to an activating group) is 1. The third-order valence-corrected chi connectivity index (χ3v) is 2.20. The molecule has 13 heavy (non-hydrogen) atoms. The van der Waals surface area contributed by atoms with Crippen molar-refractivity contribution < 1.29 is 0 Å². The minimum absolute atomic E-state index is 0.372. The molecule has 3 heteroatoms. The van der Waals surface area contributed by atoms with E-state index in [1.165, 1.54) is 0 Å². The van der Waals surface area contributed by atoms with Crippen LogP contribution in [0.25, 0.3) is 0 Å². The van der Waals surface area contributed by atoms with Crippen LogP contribution >= 0.6 is 0 Å². The number of nitrogens with zero attached hydrogens (tertiary/aromatic N) is 2. The minimum atomic E-state index is 0.372. The van der Waals surface area contributed by atoms with E-state index >= 15 is 0 Å². The maximum Gasteiger partial charge on any atom is 0.0963 e. The zero-order valence-electron chi connectivity index (χ0n) is 9.38. The van der Waals surface area contributed by atoms with Crippen molar-refractivity contribution in [2.45, 2.75) is 27.7 Å². The highest BCUT2D eigenvalue weighted by Crippen LogP contribution is 1.92. The lowest BCUT2D eigenvalue weighted by molar-refractivity contribution is 0.313. The summed E-state index contributed by atoms with van der Waals surface area (Å²) in [4.78, 5) is 6.66. The molecule has 0 unspecified atom stereocenters. The van der Waals surface area contributed by atoms with Gasteiger partial charge in [0, 0.05) is 12.5 Å². The Morgan fingerprint density at radius 2 is 1.85 bits per heavy atom.